The number of aryl methyl sites for hydroxylation is 1. The maximum absolute atomic E-state index is 12.8. The molecule has 2 rings (SSSR count). The average molecular weight is 434 g/mol. The second kappa shape index (κ2) is 9.10. The van der Waals surface area contributed by atoms with E-state index < -0.39 is 33.9 Å². The summed E-state index contributed by atoms with van der Waals surface area (Å²) in [5.41, 5.74) is -2.03. The number of nitro groups is 1. The number of ether oxygens (including phenoxy) is 1. The first-order valence-electron chi connectivity index (χ1n) is 8.24. The summed E-state index contributed by atoms with van der Waals surface area (Å²) in [6, 6.07) is 4.35. The molecule has 7 nitrogen and oxygen atoms in total. The Kier molecular flexibility index (Phi) is 7.04. The van der Waals surface area contributed by atoms with Gasteiger partial charge in [0.15, 0.2) is 0 Å². The maximum Gasteiger partial charge on any atom is 0.416 e. The summed E-state index contributed by atoms with van der Waals surface area (Å²) in [5.74, 6) is -1.83. The number of rotatable bonds is 8. The van der Waals surface area contributed by atoms with Crippen molar-refractivity contribution in [1.29, 1.82) is 0 Å². The van der Waals surface area contributed by atoms with Crippen molar-refractivity contribution in [3.05, 3.63) is 62.2 Å². The third kappa shape index (κ3) is 5.58. The zero-order valence-electron chi connectivity index (χ0n) is 14.7. The summed E-state index contributed by atoms with van der Waals surface area (Å²) in [4.78, 5) is 21.7. The SMILES string of the molecule is O=C(O)c1cc(Oc2ccc(C(F)(F)F)cc2Cl)c(CCCCO)cc1[N+](=O)[O-]. The number of hydrogen-bond donors (Lipinski definition) is 2. The average Bonchev–Trinajstić information content (AvgIpc) is 2.63. The van der Waals surface area contributed by atoms with Crippen LogP contribution in [0.5, 0.6) is 11.5 Å². The van der Waals surface area contributed by atoms with Crippen molar-refractivity contribution in [1.82, 2.24) is 0 Å². The lowest BCUT2D eigenvalue weighted by molar-refractivity contribution is -0.385. The van der Waals surface area contributed by atoms with Crippen LogP contribution in [-0.2, 0) is 12.6 Å². The van der Waals surface area contributed by atoms with E-state index in [4.69, 9.17) is 21.4 Å². The Labute approximate surface area is 167 Å². The first kappa shape index (κ1) is 22.4. The third-order valence-corrected chi connectivity index (χ3v) is 4.23. The minimum atomic E-state index is -4.61. The van der Waals surface area contributed by atoms with Gasteiger partial charge in [-0.3, -0.25) is 10.1 Å². The number of hydrogen-bond acceptors (Lipinski definition) is 5. The Morgan fingerprint density at radius 1 is 1.17 bits per heavy atom. The van der Waals surface area contributed by atoms with Crippen molar-refractivity contribution in [2.75, 3.05) is 6.61 Å². The molecule has 2 aromatic rings. The summed E-state index contributed by atoms with van der Waals surface area (Å²) in [6.45, 7) is -0.115. The van der Waals surface area contributed by atoms with Crippen molar-refractivity contribution in [2.45, 2.75) is 25.4 Å². The Hall–Kier alpha value is -2.85. The summed E-state index contributed by atoms with van der Waals surface area (Å²) >= 11 is 5.87. The standard InChI is InChI=1S/C18H15ClF3NO6/c19-13-8-11(18(20,21)22)4-5-15(13)29-16-9-12(17(25)26)14(23(27)28)7-10(16)3-1-2-6-24/h4-5,7-9,24H,1-3,6H2,(H,25,26). The Morgan fingerprint density at radius 2 is 1.86 bits per heavy atom. The molecule has 0 aliphatic heterocycles. The molecule has 0 spiro atoms. The van der Waals surface area contributed by atoms with E-state index in [-0.39, 0.29) is 35.1 Å². The topological polar surface area (TPSA) is 110 Å². The number of nitrogens with zero attached hydrogens (tertiary/aromatic N) is 1. The van der Waals surface area contributed by atoms with Crippen molar-refractivity contribution in [3.8, 4) is 11.5 Å². The predicted molar refractivity (Wildman–Crippen MR) is 96.6 cm³/mol. The van der Waals surface area contributed by atoms with E-state index in [9.17, 15) is 33.2 Å². The van der Waals surface area contributed by atoms with Crippen molar-refractivity contribution >= 4 is 23.3 Å². The molecule has 0 unspecified atom stereocenters. The predicted octanol–water partition coefficient (Wildman–Crippen LogP) is 5.07. The highest BCUT2D eigenvalue weighted by Gasteiger charge is 2.31. The van der Waals surface area contributed by atoms with E-state index in [1.165, 1.54) is 0 Å². The van der Waals surface area contributed by atoms with E-state index in [1.54, 1.807) is 0 Å². The highest BCUT2D eigenvalue weighted by atomic mass is 35.5. The van der Waals surface area contributed by atoms with Gasteiger partial charge in [0.25, 0.3) is 5.69 Å². The minimum absolute atomic E-state index is 0.0902. The molecule has 0 bridgehead atoms. The number of nitro benzene ring substituents is 1. The van der Waals surface area contributed by atoms with Crippen molar-refractivity contribution in [2.24, 2.45) is 0 Å². The van der Waals surface area contributed by atoms with Crippen molar-refractivity contribution < 1.29 is 37.8 Å². The van der Waals surface area contributed by atoms with Crippen LogP contribution in [0.15, 0.2) is 30.3 Å². The maximum atomic E-state index is 12.8. The fourth-order valence-corrected chi connectivity index (χ4v) is 2.75. The van der Waals surface area contributed by atoms with Gasteiger partial charge < -0.3 is 14.9 Å². The van der Waals surface area contributed by atoms with Crippen LogP contribution >= 0.6 is 11.6 Å². The molecule has 0 saturated carbocycles. The van der Waals surface area contributed by atoms with Crippen LogP contribution in [0, 0.1) is 10.1 Å². The van der Waals surface area contributed by atoms with E-state index in [0.29, 0.717) is 18.9 Å². The molecule has 0 saturated heterocycles. The molecular formula is C18H15ClF3NO6. The summed E-state index contributed by atoms with van der Waals surface area (Å²) in [7, 11) is 0. The van der Waals surface area contributed by atoms with Crippen LogP contribution in [0.25, 0.3) is 0 Å². The van der Waals surface area contributed by atoms with Gasteiger partial charge in [0, 0.05) is 24.3 Å². The zero-order chi connectivity index (χ0) is 21.8. The fraction of sp³-hybridized carbons (Fsp3) is 0.278. The minimum Gasteiger partial charge on any atom is -0.477 e. The molecule has 0 fully saturated rings. The van der Waals surface area contributed by atoms with E-state index >= 15 is 0 Å². The van der Waals surface area contributed by atoms with Crippen LogP contribution < -0.4 is 4.74 Å². The fourth-order valence-electron chi connectivity index (χ4n) is 2.53. The van der Waals surface area contributed by atoms with Gasteiger partial charge in [0.05, 0.1) is 15.5 Å². The van der Waals surface area contributed by atoms with Crippen LogP contribution in [0.1, 0.15) is 34.3 Å². The smallest absolute Gasteiger partial charge is 0.416 e. The molecular weight excluding hydrogens is 419 g/mol. The number of aliphatic hydroxyl groups is 1. The van der Waals surface area contributed by atoms with Gasteiger partial charge in [-0.25, -0.2) is 4.79 Å². The molecule has 0 radical (unpaired) electrons. The molecule has 0 aliphatic rings. The van der Waals surface area contributed by atoms with Crippen LogP contribution in [-0.4, -0.2) is 27.7 Å². The van der Waals surface area contributed by atoms with Gasteiger partial charge in [0.2, 0.25) is 0 Å². The van der Waals surface area contributed by atoms with Gasteiger partial charge in [-0.2, -0.15) is 13.2 Å². The number of carboxylic acid groups (broad SMARTS) is 1. The first-order chi connectivity index (χ1) is 13.5. The summed E-state index contributed by atoms with van der Waals surface area (Å²) < 4.78 is 43.8. The van der Waals surface area contributed by atoms with E-state index in [1.807, 2.05) is 0 Å². The summed E-state index contributed by atoms with van der Waals surface area (Å²) in [6.07, 6.45) is -3.61. The molecule has 0 heterocycles. The second-order valence-corrected chi connectivity index (χ2v) is 6.37. The number of halogens is 4. The molecule has 0 aromatic heterocycles. The lowest BCUT2D eigenvalue weighted by Gasteiger charge is -2.15. The van der Waals surface area contributed by atoms with Crippen LogP contribution in [0.2, 0.25) is 5.02 Å². The van der Waals surface area contributed by atoms with E-state index in [0.717, 1.165) is 24.3 Å². The Balaban J connectivity index is 2.50. The van der Waals surface area contributed by atoms with Gasteiger partial charge in [0.1, 0.15) is 17.1 Å². The Bertz CT molecular complexity index is 933. The quantitative estimate of drug-likeness (QED) is 0.341. The van der Waals surface area contributed by atoms with Crippen LogP contribution in [0.4, 0.5) is 18.9 Å². The van der Waals surface area contributed by atoms with Gasteiger partial charge in [-0.1, -0.05) is 11.6 Å². The van der Waals surface area contributed by atoms with Gasteiger partial charge in [-0.05, 0) is 37.5 Å². The zero-order valence-corrected chi connectivity index (χ0v) is 15.5. The highest BCUT2D eigenvalue weighted by molar-refractivity contribution is 6.32. The van der Waals surface area contributed by atoms with Crippen LogP contribution in [0.3, 0.4) is 0 Å². The Morgan fingerprint density at radius 3 is 2.38 bits per heavy atom. The molecule has 0 aliphatic carbocycles. The largest absolute Gasteiger partial charge is 0.477 e. The third-order valence-electron chi connectivity index (χ3n) is 3.94. The number of unbranched alkanes of at least 4 members (excludes halogenated alkanes) is 1. The molecule has 2 N–H and O–H groups in total. The number of benzene rings is 2. The molecule has 0 atom stereocenters. The van der Waals surface area contributed by atoms with Crippen molar-refractivity contribution in [3.63, 3.8) is 0 Å². The number of carboxylic acids is 1. The molecule has 29 heavy (non-hydrogen) atoms. The molecule has 156 valence electrons. The molecule has 0 amide bonds. The second-order valence-electron chi connectivity index (χ2n) is 5.97. The normalized spacial score (nSPS) is 11.3. The molecule has 2 aromatic carbocycles. The lowest BCUT2D eigenvalue weighted by atomic mass is 10.0. The lowest BCUT2D eigenvalue weighted by Crippen LogP contribution is -2.06. The monoisotopic (exact) mass is 433 g/mol. The number of aliphatic hydroxyl groups excluding tert-OH is 1. The number of carbonyl (C=O) groups is 1. The van der Waals surface area contributed by atoms with E-state index in [2.05, 4.69) is 0 Å². The number of alkyl halides is 3. The van der Waals surface area contributed by atoms with Gasteiger partial charge >= 0.3 is 12.1 Å². The molecule has 11 heteroatoms. The summed E-state index contributed by atoms with van der Waals surface area (Å²) in [5, 5.41) is 29.0. The first-order valence-corrected chi connectivity index (χ1v) is 8.62. The highest BCUT2D eigenvalue weighted by Crippen LogP contribution is 2.39. The van der Waals surface area contributed by atoms with Gasteiger partial charge in [-0.15, -0.1) is 0 Å². The number of aromatic carboxylic acids is 1.